The van der Waals surface area contributed by atoms with Crippen molar-refractivity contribution < 1.29 is 33.3 Å². The summed E-state index contributed by atoms with van der Waals surface area (Å²) in [6.07, 6.45) is -0.514. The van der Waals surface area contributed by atoms with Crippen molar-refractivity contribution in [3.05, 3.63) is 65.2 Å². The number of nitrogens with one attached hydrogen (secondary N) is 1. The molecule has 188 valence electrons. The fourth-order valence-corrected chi connectivity index (χ4v) is 4.06. The van der Waals surface area contributed by atoms with Crippen molar-refractivity contribution in [2.75, 3.05) is 21.0 Å². The number of carbonyl (C=O) groups is 3. The molecule has 2 atom stereocenters. The van der Waals surface area contributed by atoms with Crippen LogP contribution >= 0.6 is 0 Å². The van der Waals surface area contributed by atoms with Crippen molar-refractivity contribution in [2.45, 2.75) is 45.5 Å². The van der Waals surface area contributed by atoms with E-state index < -0.39 is 24.1 Å². The third-order valence-electron chi connectivity index (χ3n) is 5.78. The number of hydrogen-bond donors (Lipinski definition) is 1. The van der Waals surface area contributed by atoms with Gasteiger partial charge in [0.1, 0.15) is 31.2 Å². The second-order valence-corrected chi connectivity index (χ2v) is 8.66. The minimum absolute atomic E-state index is 0.0329. The maximum atomic E-state index is 12.4. The van der Waals surface area contributed by atoms with Crippen LogP contribution in [-0.4, -0.2) is 56.0 Å². The molecule has 0 bridgehead atoms. The van der Waals surface area contributed by atoms with Gasteiger partial charge >= 0.3 is 18.0 Å². The lowest BCUT2D eigenvalue weighted by molar-refractivity contribution is -0.151. The largest absolute Gasteiger partial charge is 0.478 e. The highest BCUT2D eigenvalue weighted by Gasteiger charge is 2.33. The monoisotopic (exact) mass is 484 g/mol. The lowest BCUT2D eigenvalue weighted by Gasteiger charge is -2.35. The van der Waals surface area contributed by atoms with E-state index >= 15 is 0 Å². The molecule has 1 N–H and O–H groups in total. The van der Waals surface area contributed by atoms with Gasteiger partial charge in [-0.1, -0.05) is 56.3 Å². The Morgan fingerprint density at radius 3 is 2.37 bits per heavy atom. The van der Waals surface area contributed by atoms with E-state index in [1.807, 2.05) is 67.3 Å². The number of alkyl carbamates (subject to hydrolysis) is 1. The Labute approximate surface area is 205 Å². The molecular weight excluding hydrogens is 452 g/mol. The third kappa shape index (κ3) is 6.95. The quantitative estimate of drug-likeness (QED) is 0.428. The minimum atomic E-state index is -0.930. The van der Waals surface area contributed by atoms with Crippen molar-refractivity contribution in [1.29, 1.82) is 0 Å². The van der Waals surface area contributed by atoms with E-state index in [0.29, 0.717) is 12.3 Å². The van der Waals surface area contributed by atoms with Crippen LogP contribution in [0.15, 0.2) is 48.5 Å². The van der Waals surface area contributed by atoms with E-state index in [1.54, 1.807) is 0 Å². The molecule has 0 aromatic heterocycles. The summed E-state index contributed by atoms with van der Waals surface area (Å²) in [4.78, 5) is 38.9. The summed E-state index contributed by atoms with van der Waals surface area (Å²) in [5, 5.41) is 2.59. The number of ether oxygens (including phenoxy) is 4. The summed E-state index contributed by atoms with van der Waals surface area (Å²) < 4.78 is 21.0. The first-order chi connectivity index (χ1) is 16.8. The average Bonchev–Trinajstić information content (AvgIpc) is 2.86. The Kier molecular flexibility index (Phi) is 9.08. The molecular formula is C26H32N2O7. The molecule has 2 aromatic carbocycles. The van der Waals surface area contributed by atoms with Gasteiger partial charge in [-0.2, -0.15) is 0 Å². The standard InChI is InChI=1S/C26H32N2O7/c1-17(2)23(25(30)33-4)28-14-20-12-19(10-11-22(20)35-16-28)13-21(24(29)32-3)27-26(31)34-15-18-8-6-5-7-9-18/h5-12,17,21,23H,13-16H2,1-4H3,(H,27,31)/t21-,23?/m1/s1. The predicted octanol–water partition coefficient (Wildman–Crippen LogP) is 3.05. The molecule has 9 nitrogen and oxygen atoms in total. The number of carbonyl (C=O) groups excluding carboxylic acids is 3. The van der Waals surface area contributed by atoms with E-state index in [4.69, 9.17) is 18.9 Å². The average molecular weight is 485 g/mol. The van der Waals surface area contributed by atoms with Crippen molar-refractivity contribution in [3.8, 4) is 5.75 Å². The Bertz CT molecular complexity index is 1030. The summed E-state index contributed by atoms with van der Waals surface area (Å²) in [6.45, 7) is 4.75. The molecule has 3 rings (SSSR count). The molecule has 0 radical (unpaired) electrons. The van der Waals surface area contributed by atoms with Gasteiger partial charge in [0.25, 0.3) is 0 Å². The van der Waals surface area contributed by atoms with Gasteiger partial charge in [-0.25, -0.2) is 9.59 Å². The van der Waals surface area contributed by atoms with Gasteiger partial charge < -0.3 is 24.3 Å². The van der Waals surface area contributed by atoms with Crippen molar-refractivity contribution in [1.82, 2.24) is 10.2 Å². The molecule has 0 spiro atoms. The summed E-state index contributed by atoms with van der Waals surface area (Å²) in [7, 11) is 2.64. The first-order valence-corrected chi connectivity index (χ1v) is 11.4. The highest BCUT2D eigenvalue weighted by Crippen LogP contribution is 2.29. The van der Waals surface area contributed by atoms with Gasteiger partial charge in [-0.15, -0.1) is 0 Å². The first kappa shape index (κ1) is 26.0. The van der Waals surface area contributed by atoms with Crippen LogP contribution in [0, 0.1) is 5.92 Å². The van der Waals surface area contributed by atoms with Gasteiger partial charge in [0, 0.05) is 18.5 Å². The highest BCUT2D eigenvalue weighted by molar-refractivity contribution is 5.81. The van der Waals surface area contributed by atoms with Gasteiger partial charge in [-0.3, -0.25) is 9.69 Å². The van der Waals surface area contributed by atoms with E-state index in [2.05, 4.69) is 5.32 Å². The van der Waals surface area contributed by atoms with Gasteiger partial charge in [0.2, 0.25) is 0 Å². The summed E-state index contributed by atoms with van der Waals surface area (Å²) in [5.74, 6) is -0.150. The molecule has 0 fully saturated rings. The zero-order valence-corrected chi connectivity index (χ0v) is 20.5. The number of hydrogen-bond acceptors (Lipinski definition) is 8. The van der Waals surface area contributed by atoms with E-state index in [-0.39, 0.29) is 31.6 Å². The zero-order valence-electron chi connectivity index (χ0n) is 20.5. The third-order valence-corrected chi connectivity index (χ3v) is 5.78. The van der Waals surface area contributed by atoms with E-state index in [1.165, 1.54) is 14.2 Å². The van der Waals surface area contributed by atoms with Crippen LogP contribution in [0.1, 0.15) is 30.5 Å². The number of fused-ring (bicyclic) bond motifs is 1. The second kappa shape index (κ2) is 12.2. The topological polar surface area (TPSA) is 103 Å². The normalized spacial score (nSPS) is 14.8. The van der Waals surface area contributed by atoms with Gasteiger partial charge in [0.05, 0.1) is 14.2 Å². The Balaban J connectivity index is 1.68. The predicted molar refractivity (Wildman–Crippen MR) is 127 cm³/mol. The van der Waals surface area contributed by atoms with Crippen LogP contribution < -0.4 is 10.1 Å². The number of nitrogens with zero attached hydrogens (tertiary/aromatic N) is 1. The molecule has 1 aliphatic heterocycles. The first-order valence-electron chi connectivity index (χ1n) is 11.4. The number of methoxy groups -OCH3 is 2. The molecule has 1 heterocycles. The second-order valence-electron chi connectivity index (χ2n) is 8.66. The fourth-order valence-electron chi connectivity index (χ4n) is 4.06. The lowest BCUT2D eigenvalue weighted by atomic mass is 9.99. The van der Waals surface area contributed by atoms with E-state index in [9.17, 15) is 14.4 Å². The Morgan fingerprint density at radius 2 is 1.71 bits per heavy atom. The lowest BCUT2D eigenvalue weighted by Crippen LogP contribution is -2.48. The van der Waals surface area contributed by atoms with Crippen LogP contribution in [-0.2, 0) is 43.4 Å². The van der Waals surface area contributed by atoms with Crippen LogP contribution in [0.3, 0.4) is 0 Å². The van der Waals surface area contributed by atoms with Crippen LogP contribution in [0.4, 0.5) is 4.79 Å². The fraction of sp³-hybridized carbons (Fsp3) is 0.423. The SMILES string of the molecule is COC(=O)C(C(C)C)N1COc2ccc(C[C@@H](NC(=O)OCc3ccccc3)C(=O)OC)cc2C1. The van der Waals surface area contributed by atoms with Gasteiger partial charge in [-0.05, 0) is 23.1 Å². The minimum Gasteiger partial charge on any atom is -0.478 e. The number of amides is 1. The summed E-state index contributed by atoms with van der Waals surface area (Å²) in [5.41, 5.74) is 2.51. The van der Waals surface area contributed by atoms with Gasteiger partial charge in [0.15, 0.2) is 0 Å². The smallest absolute Gasteiger partial charge is 0.408 e. The summed E-state index contributed by atoms with van der Waals surface area (Å²) in [6, 6.07) is 13.4. The molecule has 35 heavy (non-hydrogen) atoms. The molecule has 1 amide bonds. The molecule has 2 aromatic rings. The maximum Gasteiger partial charge on any atom is 0.408 e. The summed E-state index contributed by atoms with van der Waals surface area (Å²) >= 11 is 0. The van der Waals surface area contributed by atoms with Crippen LogP contribution in [0.2, 0.25) is 0 Å². The molecule has 1 unspecified atom stereocenters. The van der Waals surface area contributed by atoms with Crippen LogP contribution in [0.25, 0.3) is 0 Å². The van der Waals surface area contributed by atoms with Crippen molar-refractivity contribution in [3.63, 3.8) is 0 Å². The molecule has 0 aliphatic carbocycles. The van der Waals surface area contributed by atoms with E-state index in [0.717, 1.165) is 16.7 Å². The molecule has 9 heteroatoms. The number of benzene rings is 2. The maximum absolute atomic E-state index is 12.4. The van der Waals surface area contributed by atoms with Crippen molar-refractivity contribution in [2.24, 2.45) is 5.92 Å². The number of esters is 2. The van der Waals surface area contributed by atoms with Crippen molar-refractivity contribution >= 4 is 18.0 Å². The van der Waals surface area contributed by atoms with Crippen LogP contribution in [0.5, 0.6) is 5.75 Å². The zero-order chi connectivity index (χ0) is 25.4. The Hall–Kier alpha value is -3.59. The Morgan fingerprint density at radius 1 is 1.00 bits per heavy atom. The highest BCUT2D eigenvalue weighted by atomic mass is 16.6. The number of rotatable bonds is 9. The molecule has 0 saturated carbocycles. The molecule has 0 saturated heterocycles. The molecule has 1 aliphatic rings.